The number of hydrogen-bond donors (Lipinski definition) is 1. The highest BCUT2D eigenvalue weighted by atomic mass is 16.5. The highest BCUT2D eigenvalue weighted by Crippen LogP contribution is 2.43. The number of ether oxygens (including phenoxy) is 3. The summed E-state index contributed by atoms with van der Waals surface area (Å²) in [6.07, 6.45) is 6.64. The number of carbonyl (C=O) groups is 2. The summed E-state index contributed by atoms with van der Waals surface area (Å²) in [6.45, 7) is 2.88. The molecule has 1 N–H and O–H groups in total. The third-order valence-electron chi connectivity index (χ3n) is 6.43. The number of carbonyl (C=O) groups excluding carboxylic acids is 2. The van der Waals surface area contributed by atoms with Crippen LogP contribution in [0.15, 0.2) is 71.6 Å². The van der Waals surface area contributed by atoms with Crippen molar-refractivity contribution in [3.63, 3.8) is 0 Å². The molecule has 0 saturated heterocycles. The summed E-state index contributed by atoms with van der Waals surface area (Å²) in [4.78, 5) is 26.1. The Morgan fingerprint density at radius 1 is 1.06 bits per heavy atom. The number of nitrogens with one attached hydrogen (secondary N) is 1. The van der Waals surface area contributed by atoms with Crippen LogP contribution in [-0.2, 0) is 20.9 Å². The van der Waals surface area contributed by atoms with Crippen molar-refractivity contribution < 1.29 is 23.8 Å². The lowest BCUT2D eigenvalue weighted by Gasteiger charge is -2.32. The highest BCUT2D eigenvalue weighted by Gasteiger charge is 2.37. The minimum atomic E-state index is -0.505. The van der Waals surface area contributed by atoms with E-state index in [4.69, 9.17) is 14.2 Å². The Labute approximate surface area is 207 Å². The minimum absolute atomic E-state index is 0.0662. The number of dihydropyridines is 1. The number of benzene rings is 2. The summed E-state index contributed by atoms with van der Waals surface area (Å²) in [7, 11) is 1.59. The molecule has 4 rings (SSSR count). The Morgan fingerprint density at radius 2 is 1.89 bits per heavy atom. The number of ketones is 1. The second-order valence-corrected chi connectivity index (χ2v) is 8.87. The summed E-state index contributed by atoms with van der Waals surface area (Å²) in [5.74, 6) is 0.321. The van der Waals surface area contributed by atoms with Crippen LogP contribution in [0.4, 0.5) is 0 Å². The number of Topliss-reactive ketones (excluding diaryl/α,β-unsaturated/α-hetero) is 1. The lowest BCUT2D eigenvalue weighted by Crippen LogP contribution is -2.31. The van der Waals surface area contributed by atoms with E-state index in [0.717, 1.165) is 48.9 Å². The van der Waals surface area contributed by atoms with Gasteiger partial charge in [-0.25, -0.2) is 4.79 Å². The zero-order chi connectivity index (χ0) is 24.6. The van der Waals surface area contributed by atoms with E-state index in [0.29, 0.717) is 42.3 Å². The van der Waals surface area contributed by atoms with Crippen molar-refractivity contribution in [1.29, 1.82) is 0 Å². The van der Waals surface area contributed by atoms with Gasteiger partial charge in [0.2, 0.25) is 0 Å². The first-order valence-electron chi connectivity index (χ1n) is 12.4. The van der Waals surface area contributed by atoms with Crippen LogP contribution in [0.2, 0.25) is 0 Å². The Balaban J connectivity index is 1.62. The van der Waals surface area contributed by atoms with Crippen molar-refractivity contribution in [2.75, 3.05) is 13.7 Å². The van der Waals surface area contributed by atoms with E-state index in [9.17, 15) is 9.59 Å². The van der Waals surface area contributed by atoms with Gasteiger partial charge in [0.05, 0.1) is 19.3 Å². The van der Waals surface area contributed by atoms with Crippen molar-refractivity contribution in [2.45, 2.75) is 58.0 Å². The highest BCUT2D eigenvalue weighted by molar-refractivity contribution is 6.03. The molecule has 0 fully saturated rings. The van der Waals surface area contributed by atoms with Crippen LogP contribution in [0, 0.1) is 0 Å². The maximum absolute atomic E-state index is 13.1. The fourth-order valence-corrected chi connectivity index (χ4v) is 4.59. The molecule has 0 amide bonds. The molecule has 1 aliphatic heterocycles. The average Bonchev–Trinajstić information content (AvgIpc) is 2.90. The molecule has 35 heavy (non-hydrogen) atoms. The van der Waals surface area contributed by atoms with Crippen molar-refractivity contribution >= 4 is 11.8 Å². The van der Waals surface area contributed by atoms with Crippen LogP contribution in [0.1, 0.15) is 62.5 Å². The van der Waals surface area contributed by atoms with E-state index in [1.807, 2.05) is 48.5 Å². The van der Waals surface area contributed by atoms with Gasteiger partial charge < -0.3 is 19.5 Å². The van der Waals surface area contributed by atoms with Gasteiger partial charge in [0, 0.05) is 29.8 Å². The van der Waals surface area contributed by atoms with E-state index in [1.54, 1.807) is 13.3 Å². The van der Waals surface area contributed by atoms with Gasteiger partial charge in [-0.3, -0.25) is 4.79 Å². The number of hydrogen-bond acceptors (Lipinski definition) is 6. The van der Waals surface area contributed by atoms with Gasteiger partial charge in [-0.05, 0) is 42.5 Å². The smallest absolute Gasteiger partial charge is 0.336 e. The molecular weight excluding hydrogens is 442 g/mol. The molecule has 2 aromatic rings. The molecule has 0 saturated carbocycles. The molecule has 6 nitrogen and oxygen atoms in total. The standard InChI is InChI=1S/C29H33NO5/c1-3-4-8-16-34-29(32)22-18-30-23-12-9-13-24(31)28(23)27(22)21-14-15-25(26(17-21)33-2)35-19-20-10-6-5-7-11-20/h5-7,10-11,14-15,17-18,27,30H,3-4,8-9,12-13,16,19H2,1-2H3/t27-/m1/s1. The molecule has 0 spiro atoms. The lowest BCUT2D eigenvalue weighted by atomic mass is 9.76. The minimum Gasteiger partial charge on any atom is -0.493 e. The monoisotopic (exact) mass is 475 g/mol. The number of allylic oxidation sites excluding steroid dienone is 2. The van der Waals surface area contributed by atoms with E-state index in [-0.39, 0.29) is 5.78 Å². The zero-order valence-electron chi connectivity index (χ0n) is 20.5. The number of unbranched alkanes of at least 4 members (excludes halogenated alkanes) is 2. The number of methoxy groups -OCH3 is 1. The van der Waals surface area contributed by atoms with E-state index >= 15 is 0 Å². The summed E-state index contributed by atoms with van der Waals surface area (Å²) in [5.41, 5.74) is 3.83. The van der Waals surface area contributed by atoms with Gasteiger partial charge in [-0.1, -0.05) is 56.2 Å². The molecule has 0 radical (unpaired) electrons. The molecule has 2 aromatic carbocycles. The Bertz CT molecular complexity index is 1120. The predicted octanol–water partition coefficient (Wildman–Crippen LogP) is 5.59. The second-order valence-electron chi connectivity index (χ2n) is 8.87. The van der Waals surface area contributed by atoms with Gasteiger partial charge in [0.1, 0.15) is 6.61 Å². The molecule has 1 aliphatic carbocycles. The summed E-state index contributed by atoms with van der Waals surface area (Å²) < 4.78 is 17.2. The quantitative estimate of drug-likeness (QED) is 0.357. The summed E-state index contributed by atoms with van der Waals surface area (Å²) in [6, 6.07) is 15.5. The molecule has 1 atom stereocenters. The molecule has 184 valence electrons. The zero-order valence-corrected chi connectivity index (χ0v) is 20.5. The third kappa shape index (κ3) is 5.76. The topological polar surface area (TPSA) is 73.9 Å². The largest absolute Gasteiger partial charge is 0.493 e. The molecule has 2 aliphatic rings. The maximum atomic E-state index is 13.1. The van der Waals surface area contributed by atoms with Crippen molar-refractivity contribution in [1.82, 2.24) is 5.32 Å². The first kappa shape index (κ1) is 24.6. The molecular formula is C29H33NO5. The van der Waals surface area contributed by atoms with Crippen LogP contribution < -0.4 is 14.8 Å². The van der Waals surface area contributed by atoms with Crippen LogP contribution in [0.25, 0.3) is 0 Å². The first-order chi connectivity index (χ1) is 17.1. The van der Waals surface area contributed by atoms with E-state index < -0.39 is 11.9 Å². The molecule has 0 aromatic heterocycles. The molecule has 0 bridgehead atoms. The SMILES string of the molecule is CCCCCOC(=O)C1=CNC2=C(C(=O)CCC2)[C@@H]1c1ccc(OCc2ccccc2)c(OC)c1. The maximum Gasteiger partial charge on any atom is 0.336 e. The Morgan fingerprint density at radius 3 is 2.66 bits per heavy atom. The molecule has 1 heterocycles. The van der Waals surface area contributed by atoms with Crippen LogP contribution in [0.3, 0.4) is 0 Å². The fraction of sp³-hybridized carbons (Fsp3) is 0.379. The van der Waals surface area contributed by atoms with Gasteiger partial charge in [0.15, 0.2) is 17.3 Å². The fourth-order valence-electron chi connectivity index (χ4n) is 4.59. The van der Waals surface area contributed by atoms with Gasteiger partial charge in [-0.15, -0.1) is 0 Å². The number of esters is 1. The van der Waals surface area contributed by atoms with E-state index in [1.165, 1.54) is 0 Å². The normalized spacial score (nSPS) is 17.3. The van der Waals surface area contributed by atoms with Crippen molar-refractivity contribution in [3.05, 3.63) is 82.7 Å². The predicted molar refractivity (Wildman–Crippen MR) is 134 cm³/mol. The second kappa shape index (κ2) is 11.7. The van der Waals surface area contributed by atoms with Gasteiger partial charge >= 0.3 is 5.97 Å². The molecule has 6 heteroatoms. The third-order valence-corrected chi connectivity index (χ3v) is 6.43. The average molecular weight is 476 g/mol. The van der Waals surface area contributed by atoms with Crippen LogP contribution in [0.5, 0.6) is 11.5 Å². The number of rotatable bonds is 10. The Kier molecular flexibility index (Phi) is 8.24. The van der Waals surface area contributed by atoms with Gasteiger partial charge in [0.25, 0.3) is 0 Å². The van der Waals surface area contributed by atoms with Gasteiger partial charge in [-0.2, -0.15) is 0 Å². The molecule has 0 unspecified atom stereocenters. The first-order valence-corrected chi connectivity index (χ1v) is 12.4. The summed E-state index contributed by atoms with van der Waals surface area (Å²) in [5, 5.41) is 3.20. The Hall–Kier alpha value is -3.54. The van der Waals surface area contributed by atoms with Crippen LogP contribution >= 0.6 is 0 Å². The summed E-state index contributed by atoms with van der Waals surface area (Å²) >= 11 is 0. The van der Waals surface area contributed by atoms with Crippen molar-refractivity contribution in [2.24, 2.45) is 0 Å². The van der Waals surface area contributed by atoms with E-state index in [2.05, 4.69) is 12.2 Å². The van der Waals surface area contributed by atoms with Crippen LogP contribution in [-0.4, -0.2) is 25.5 Å². The lowest BCUT2D eigenvalue weighted by molar-refractivity contribution is -0.139. The van der Waals surface area contributed by atoms with Crippen molar-refractivity contribution in [3.8, 4) is 11.5 Å².